The summed E-state index contributed by atoms with van der Waals surface area (Å²) in [5.41, 5.74) is 16.8. The first-order chi connectivity index (χ1) is 12.6. The first-order valence-electron chi connectivity index (χ1n) is 9.93. The van der Waals surface area contributed by atoms with E-state index in [9.17, 15) is 9.59 Å². The van der Waals surface area contributed by atoms with Gasteiger partial charge < -0.3 is 32.2 Å². The second-order valence-electron chi connectivity index (χ2n) is 6.95. The lowest BCUT2D eigenvalue weighted by molar-refractivity contribution is -0.148. The lowest BCUT2D eigenvalue weighted by Gasteiger charge is -2.20. The Morgan fingerprint density at radius 3 is 2.31 bits per heavy atom. The van der Waals surface area contributed by atoms with Gasteiger partial charge in [-0.05, 0) is 84.1 Å². The Balaban J connectivity index is 2.30. The van der Waals surface area contributed by atoms with E-state index in [1.54, 1.807) is 0 Å². The number of nitrogens with two attached hydrogens (primary N) is 3. The zero-order chi connectivity index (χ0) is 19.2. The quantitative estimate of drug-likeness (QED) is 0.243. The summed E-state index contributed by atoms with van der Waals surface area (Å²) in [5.74, 6) is -0.745. The van der Waals surface area contributed by atoms with Gasteiger partial charge in [0.2, 0.25) is 5.91 Å². The van der Waals surface area contributed by atoms with Crippen molar-refractivity contribution in [3.05, 3.63) is 0 Å². The molecule has 152 valence electrons. The van der Waals surface area contributed by atoms with Crippen LogP contribution in [-0.4, -0.2) is 68.2 Å². The molecule has 0 bridgehead atoms. The van der Waals surface area contributed by atoms with Crippen molar-refractivity contribution in [1.29, 1.82) is 0 Å². The van der Waals surface area contributed by atoms with Crippen LogP contribution in [0.5, 0.6) is 0 Å². The Hall–Kier alpha value is -1.22. The van der Waals surface area contributed by atoms with Crippen LogP contribution in [0.4, 0.5) is 0 Å². The first kappa shape index (κ1) is 22.8. The molecule has 1 aliphatic heterocycles. The van der Waals surface area contributed by atoms with Crippen molar-refractivity contribution in [2.24, 2.45) is 17.2 Å². The Morgan fingerprint density at radius 1 is 1.00 bits per heavy atom. The molecule has 7 N–H and O–H groups in total. The highest BCUT2D eigenvalue weighted by molar-refractivity contribution is 5.87. The van der Waals surface area contributed by atoms with Gasteiger partial charge in [-0.3, -0.25) is 4.79 Å². The fourth-order valence-electron chi connectivity index (χ4n) is 3.04. The number of amides is 1. The maximum atomic E-state index is 12.3. The van der Waals surface area contributed by atoms with Crippen molar-refractivity contribution in [3.63, 3.8) is 0 Å². The number of unbranched alkanes of at least 4 members (excludes halogenated alkanes) is 1. The SMILES string of the molecule is NCCCC(N)C(=O)NC(CCCN)C(=O)OCCCCN1CCCC1. The molecule has 0 spiro atoms. The van der Waals surface area contributed by atoms with Crippen LogP contribution < -0.4 is 22.5 Å². The van der Waals surface area contributed by atoms with Gasteiger partial charge >= 0.3 is 5.97 Å². The fourth-order valence-corrected chi connectivity index (χ4v) is 3.04. The number of hydrogen-bond donors (Lipinski definition) is 4. The maximum Gasteiger partial charge on any atom is 0.328 e. The van der Waals surface area contributed by atoms with E-state index in [0.717, 1.165) is 19.4 Å². The number of rotatable bonds is 14. The molecule has 8 nitrogen and oxygen atoms in total. The van der Waals surface area contributed by atoms with Crippen LogP contribution >= 0.6 is 0 Å². The average molecular weight is 372 g/mol. The molecule has 1 rings (SSSR count). The summed E-state index contributed by atoms with van der Waals surface area (Å²) >= 11 is 0. The van der Waals surface area contributed by atoms with E-state index in [1.807, 2.05) is 0 Å². The molecule has 2 atom stereocenters. The van der Waals surface area contributed by atoms with Crippen molar-refractivity contribution in [3.8, 4) is 0 Å². The van der Waals surface area contributed by atoms with E-state index in [-0.39, 0.29) is 5.91 Å². The van der Waals surface area contributed by atoms with Crippen molar-refractivity contribution in [1.82, 2.24) is 10.2 Å². The standard InChI is InChI=1S/C18H37N5O3/c19-9-5-7-15(21)17(24)22-16(8-6-10-20)18(25)26-14-4-3-13-23-11-1-2-12-23/h15-16H,1-14,19-21H2,(H,22,24). The van der Waals surface area contributed by atoms with Gasteiger partial charge in [0, 0.05) is 0 Å². The van der Waals surface area contributed by atoms with Crippen LogP contribution in [0, 0.1) is 0 Å². The first-order valence-corrected chi connectivity index (χ1v) is 9.93. The minimum absolute atomic E-state index is 0.341. The van der Waals surface area contributed by atoms with Gasteiger partial charge in [-0.15, -0.1) is 0 Å². The zero-order valence-electron chi connectivity index (χ0n) is 16.0. The number of likely N-dealkylation sites (tertiary alicyclic amines) is 1. The molecule has 1 amide bonds. The molecule has 0 aliphatic carbocycles. The number of nitrogens with one attached hydrogen (secondary N) is 1. The summed E-state index contributed by atoms with van der Waals surface area (Å²) in [6.45, 7) is 4.72. The Bertz CT molecular complexity index is 402. The van der Waals surface area contributed by atoms with Crippen LogP contribution in [0.2, 0.25) is 0 Å². The second kappa shape index (κ2) is 13.9. The number of carbonyl (C=O) groups is 2. The largest absolute Gasteiger partial charge is 0.464 e. The molecule has 26 heavy (non-hydrogen) atoms. The molecule has 2 unspecified atom stereocenters. The van der Waals surface area contributed by atoms with E-state index in [4.69, 9.17) is 21.9 Å². The van der Waals surface area contributed by atoms with Gasteiger partial charge in [0.05, 0.1) is 12.6 Å². The number of hydrogen-bond acceptors (Lipinski definition) is 7. The summed E-state index contributed by atoms with van der Waals surface area (Å²) in [6.07, 6.45) is 6.66. The molecule has 1 aliphatic rings. The topological polar surface area (TPSA) is 137 Å². The molecule has 0 aromatic carbocycles. The average Bonchev–Trinajstić information content (AvgIpc) is 3.15. The zero-order valence-corrected chi connectivity index (χ0v) is 16.0. The molecular formula is C18H37N5O3. The smallest absolute Gasteiger partial charge is 0.328 e. The monoisotopic (exact) mass is 371 g/mol. The highest BCUT2D eigenvalue weighted by atomic mass is 16.5. The van der Waals surface area contributed by atoms with Crippen molar-refractivity contribution >= 4 is 11.9 Å². The van der Waals surface area contributed by atoms with Crippen molar-refractivity contribution < 1.29 is 14.3 Å². The van der Waals surface area contributed by atoms with Gasteiger partial charge in [0.25, 0.3) is 0 Å². The van der Waals surface area contributed by atoms with Crippen LogP contribution in [0.15, 0.2) is 0 Å². The van der Waals surface area contributed by atoms with Gasteiger partial charge in [-0.1, -0.05) is 0 Å². The summed E-state index contributed by atoms with van der Waals surface area (Å²) in [7, 11) is 0. The summed E-state index contributed by atoms with van der Waals surface area (Å²) in [5, 5.41) is 2.70. The molecule has 1 saturated heterocycles. The van der Waals surface area contributed by atoms with E-state index in [2.05, 4.69) is 10.2 Å². The summed E-state index contributed by atoms with van der Waals surface area (Å²) in [6, 6.07) is -1.35. The predicted octanol–water partition coefficient (Wildman–Crippen LogP) is -0.304. The van der Waals surface area contributed by atoms with Crippen LogP contribution in [-0.2, 0) is 14.3 Å². The second-order valence-corrected chi connectivity index (χ2v) is 6.95. The van der Waals surface area contributed by atoms with Gasteiger partial charge in [0.15, 0.2) is 0 Å². The summed E-state index contributed by atoms with van der Waals surface area (Å²) < 4.78 is 5.35. The van der Waals surface area contributed by atoms with Crippen molar-refractivity contribution in [2.45, 2.75) is 63.5 Å². The lowest BCUT2D eigenvalue weighted by Crippen LogP contribution is -2.49. The van der Waals surface area contributed by atoms with Crippen LogP contribution in [0.3, 0.4) is 0 Å². The van der Waals surface area contributed by atoms with E-state index >= 15 is 0 Å². The van der Waals surface area contributed by atoms with Gasteiger partial charge in [-0.2, -0.15) is 0 Å². The molecule has 0 aromatic rings. The normalized spacial score (nSPS) is 17.0. The highest BCUT2D eigenvalue weighted by Gasteiger charge is 2.24. The molecule has 1 heterocycles. The number of esters is 1. The molecule has 1 fully saturated rings. The molecule has 8 heteroatoms. The number of nitrogens with zero attached hydrogens (tertiary/aromatic N) is 1. The Labute approximate surface area is 157 Å². The third kappa shape index (κ3) is 9.47. The fraction of sp³-hybridized carbons (Fsp3) is 0.889. The molecule has 0 aromatic heterocycles. The number of carbonyl (C=O) groups excluding carboxylic acids is 2. The predicted molar refractivity (Wildman–Crippen MR) is 102 cm³/mol. The number of ether oxygens (including phenoxy) is 1. The van der Waals surface area contributed by atoms with Crippen molar-refractivity contribution in [2.75, 3.05) is 39.3 Å². The van der Waals surface area contributed by atoms with Gasteiger partial charge in [0.1, 0.15) is 6.04 Å². The minimum Gasteiger partial charge on any atom is -0.464 e. The lowest BCUT2D eigenvalue weighted by atomic mass is 10.1. The molecule has 0 saturated carbocycles. The minimum atomic E-state index is -0.687. The Kier molecular flexibility index (Phi) is 12.2. The third-order valence-electron chi connectivity index (χ3n) is 4.67. The van der Waals surface area contributed by atoms with Gasteiger partial charge in [-0.25, -0.2) is 4.79 Å². The highest BCUT2D eigenvalue weighted by Crippen LogP contribution is 2.08. The Morgan fingerprint density at radius 2 is 1.65 bits per heavy atom. The van der Waals surface area contributed by atoms with E-state index < -0.39 is 18.1 Å². The van der Waals surface area contributed by atoms with Crippen LogP contribution in [0.1, 0.15) is 51.4 Å². The van der Waals surface area contributed by atoms with E-state index in [0.29, 0.717) is 45.4 Å². The van der Waals surface area contributed by atoms with E-state index in [1.165, 1.54) is 25.9 Å². The maximum absolute atomic E-state index is 12.3. The molecular weight excluding hydrogens is 334 g/mol. The third-order valence-corrected chi connectivity index (χ3v) is 4.67. The molecule has 0 radical (unpaired) electrons. The van der Waals surface area contributed by atoms with Crippen LogP contribution in [0.25, 0.3) is 0 Å². The summed E-state index contributed by atoms with van der Waals surface area (Å²) in [4.78, 5) is 26.9.